The zero-order valence-electron chi connectivity index (χ0n) is 10.3. The Morgan fingerprint density at radius 1 is 1.20 bits per heavy atom. The molecule has 2 nitrogen and oxygen atoms in total. The molecule has 0 amide bonds. The third-order valence-corrected chi connectivity index (χ3v) is 2.20. The molecule has 1 aromatic carbocycles. The van der Waals surface area contributed by atoms with Crippen LogP contribution in [-0.2, 0) is 0 Å². The quantitative estimate of drug-likeness (QED) is 0.746. The van der Waals surface area contributed by atoms with Crippen molar-refractivity contribution >= 4 is 11.0 Å². The van der Waals surface area contributed by atoms with Gasteiger partial charge < -0.3 is 4.98 Å². The van der Waals surface area contributed by atoms with Gasteiger partial charge in [0.2, 0.25) is 0 Å². The van der Waals surface area contributed by atoms with Gasteiger partial charge in [-0.25, -0.2) is 4.98 Å². The number of nitrogens with one attached hydrogen (secondary N) is 1. The highest BCUT2D eigenvalue weighted by atomic mass is 14.9. The molecule has 0 saturated heterocycles. The van der Waals surface area contributed by atoms with Crippen LogP contribution in [0, 0.1) is 6.92 Å². The van der Waals surface area contributed by atoms with Crippen LogP contribution in [0.5, 0.6) is 0 Å². The Morgan fingerprint density at radius 2 is 1.87 bits per heavy atom. The topological polar surface area (TPSA) is 28.7 Å². The number of hydrogen-bond donors (Lipinski definition) is 1. The summed E-state index contributed by atoms with van der Waals surface area (Å²) in [5.74, 6) is 1.54. The Bertz CT molecular complexity index is 427. The minimum Gasteiger partial charge on any atom is -0.342 e. The van der Waals surface area contributed by atoms with E-state index >= 15 is 0 Å². The molecule has 2 rings (SSSR count). The number of aryl methyl sites for hydroxylation is 1. The summed E-state index contributed by atoms with van der Waals surface area (Å²) in [6.45, 7) is 10.4. The van der Waals surface area contributed by atoms with Gasteiger partial charge in [-0.15, -0.1) is 0 Å². The number of hydrogen-bond acceptors (Lipinski definition) is 1. The first-order valence-electron chi connectivity index (χ1n) is 5.63. The number of imidazole rings is 1. The predicted octanol–water partition coefficient (Wildman–Crippen LogP) is 4.02. The van der Waals surface area contributed by atoms with Crippen molar-refractivity contribution < 1.29 is 0 Å². The molecule has 2 heteroatoms. The van der Waals surface area contributed by atoms with Crippen molar-refractivity contribution in [2.75, 3.05) is 0 Å². The van der Waals surface area contributed by atoms with Crippen LogP contribution < -0.4 is 0 Å². The van der Waals surface area contributed by atoms with Gasteiger partial charge in [-0.1, -0.05) is 33.8 Å². The number of nitrogens with zero attached hydrogens (tertiary/aromatic N) is 1. The molecule has 0 aliphatic heterocycles. The Hall–Kier alpha value is -1.31. The molecule has 15 heavy (non-hydrogen) atoms. The molecule has 0 spiro atoms. The largest absolute Gasteiger partial charge is 0.342 e. The molecule has 0 aliphatic carbocycles. The van der Waals surface area contributed by atoms with Crippen LogP contribution >= 0.6 is 0 Å². The molecule has 0 bridgehead atoms. The second-order valence-electron chi connectivity index (χ2n) is 3.80. The highest BCUT2D eigenvalue weighted by Crippen LogP contribution is 2.17. The average Bonchev–Trinajstić information content (AvgIpc) is 2.63. The Kier molecular flexibility index (Phi) is 3.89. The van der Waals surface area contributed by atoms with Gasteiger partial charge in [0, 0.05) is 5.92 Å². The van der Waals surface area contributed by atoms with E-state index in [-0.39, 0.29) is 0 Å². The van der Waals surface area contributed by atoms with Crippen LogP contribution in [0.1, 0.15) is 45.0 Å². The summed E-state index contributed by atoms with van der Waals surface area (Å²) in [7, 11) is 0. The zero-order valence-corrected chi connectivity index (χ0v) is 10.3. The summed E-state index contributed by atoms with van der Waals surface area (Å²) in [4.78, 5) is 7.82. The highest BCUT2D eigenvalue weighted by molar-refractivity contribution is 5.75. The Morgan fingerprint density at radius 3 is 2.47 bits per heavy atom. The van der Waals surface area contributed by atoms with E-state index in [4.69, 9.17) is 0 Å². The molecular formula is C13H20N2. The molecule has 2 aromatic rings. The van der Waals surface area contributed by atoms with E-state index in [0.717, 1.165) is 16.9 Å². The SMILES string of the molecule is CC.Cc1ccc2nc(C(C)C)[nH]c2c1. The van der Waals surface area contributed by atoms with Crippen molar-refractivity contribution in [1.82, 2.24) is 9.97 Å². The van der Waals surface area contributed by atoms with E-state index in [0.29, 0.717) is 5.92 Å². The van der Waals surface area contributed by atoms with E-state index in [1.807, 2.05) is 13.8 Å². The van der Waals surface area contributed by atoms with E-state index in [1.54, 1.807) is 0 Å². The maximum atomic E-state index is 4.50. The van der Waals surface area contributed by atoms with E-state index in [9.17, 15) is 0 Å². The molecule has 0 saturated carbocycles. The summed E-state index contributed by atoms with van der Waals surface area (Å²) < 4.78 is 0. The van der Waals surface area contributed by atoms with Gasteiger partial charge in [-0.3, -0.25) is 0 Å². The predicted molar refractivity (Wildman–Crippen MR) is 66.3 cm³/mol. The number of aromatic amines is 1. The highest BCUT2D eigenvalue weighted by Gasteiger charge is 2.05. The lowest BCUT2D eigenvalue weighted by atomic mass is 10.2. The van der Waals surface area contributed by atoms with Crippen LogP contribution in [0.25, 0.3) is 11.0 Å². The lowest BCUT2D eigenvalue weighted by molar-refractivity contribution is 0.799. The van der Waals surface area contributed by atoms with Crippen molar-refractivity contribution in [3.63, 3.8) is 0 Å². The number of fused-ring (bicyclic) bond motifs is 1. The van der Waals surface area contributed by atoms with Gasteiger partial charge in [0.05, 0.1) is 11.0 Å². The molecule has 1 heterocycles. The lowest BCUT2D eigenvalue weighted by Gasteiger charge is -1.95. The Labute approximate surface area is 91.7 Å². The number of aromatic nitrogens is 2. The standard InChI is InChI=1S/C11H14N2.C2H6/c1-7(2)11-12-9-5-4-8(3)6-10(9)13-11;1-2/h4-7H,1-3H3,(H,12,13);1-2H3. The van der Waals surface area contributed by atoms with Crippen molar-refractivity contribution in [3.8, 4) is 0 Å². The molecule has 0 aliphatic rings. The van der Waals surface area contributed by atoms with E-state index in [1.165, 1.54) is 5.56 Å². The van der Waals surface area contributed by atoms with Gasteiger partial charge in [-0.05, 0) is 24.6 Å². The second kappa shape index (κ2) is 4.96. The normalized spacial score (nSPS) is 10.3. The molecular weight excluding hydrogens is 184 g/mol. The zero-order chi connectivity index (χ0) is 11.4. The summed E-state index contributed by atoms with van der Waals surface area (Å²) in [5, 5.41) is 0. The molecule has 1 aromatic heterocycles. The Balaban J connectivity index is 0.000000531. The number of rotatable bonds is 1. The lowest BCUT2D eigenvalue weighted by Crippen LogP contribution is -1.88. The van der Waals surface area contributed by atoms with Crippen LogP contribution in [0.2, 0.25) is 0 Å². The third-order valence-electron chi connectivity index (χ3n) is 2.20. The molecule has 0 radical (unpaired) electrons. The van der Waals surface area contributed by atoms with Crippen LogP contribution in [0.3, 0.4) is 0 Å². The number of benzene rings is 1. The first-order valence-corrected chi connectivity index (χ1v) is 5.63. The van der Waals surface area contributed by atoms with Crippen molar-refractivity contribution in [3.05, 3.63) is 29.6 Å². The molecule has 0 fully saturated rings. The number of H-pyrrole nitrogens is 1. The monoisotopic (exact) mass is 204 g/mol. The van der Waals surface area contributed by atoms with Gasteiger partial charge in [0.15, 0.2) is 0 Å². The first-order chi connectivity index (χ1) is 7.16. The van der Waals surface area contributed by atoms with Gasteiger partial charge in [-0.2, -0.15) is 0 Å². The molecule has 82 valence electrons. The first kappa shape index (κ1) is 11.8. The van der Waals surface area contributed by atoms with Gasteiger partial charge in [0.1, 0.15) is 5.82 Å². The molecule has 0 unspecified atom stereocenters. The summed E-state index contributed by atoms with van der Waals surface area (Å²) in [6, 6.07) is 6.29. The maximum absolute atomic E-state index is 4.50. The van der Waals surface area contributed by atoms with Crippen molar-refractivity contribution in [2.24, 2.45) is 0 Å². The summed E-state index contributed by atoms with van der Waals surface area (Å²) in [5.41, 5.74) is 3.48. The fourth-order valence-corrected chi connectivity index (χ4v) is 1.42. The second-order valence-corrected chi connectivity index (χ2v) is 3.80. The van der Waals surface area contributed by atoms with Gasteiger partial charge >= 0.3 is 0 Å². The average molecular weight is 204 g/mol. The summed E-state index contributed by atoms with van der Waals surface area (Å²) >= 11 is 0. The fourth-order valence-electron chi connectivity index (χ4n) is 1.42. The van der Waals surface area contributed by atoms with Crippen molar-refractivity contribution in [1.29, 1.82) is 0 Å². The van der Waals surface area contributed by atoms with Crippen LogP contribution in [-0.4, -0.2) is 9.97 Å². The summed E-state index contributed by atoms with van der Waals surface area (Å²) in [6.07, 6.45) is 0. The maximum Gasteiger partial charge on any atom is 0.109 e. The molecule has 0 atom stereocenters. The van der Waals surface area contributed by atoms with Gasteiger partial charge in [0.25, 0.3) is 0 Å². The van der Waals surface area contributed by atoms with Crippen molar-refractivity contribution in [2.45, 2.75) is 40.5 Å². The fraction of sp³-hybridized carbons (Fsp3) is 0.462. The smallest absolute Gasteiger partial charge is 0.109 e. The van der Waals surface area contributed by atoms with E-state index < -0.39 is 0 Å². The third kappa shape index (κ3) is 2.58. The molecule has 1 N–H and O–H groups in total. The minimum atomic E-state index is 0.465. The minimum absolute atomic E-state index is 0.465. The van der Waals surface area contributed by atoms with Crippen LogP contribution in [0.15, 0.2) is 18.2 Å². The van der Waals surface area contributed by atoms with E-state index in [2.05, 4.69) is 48.9 Å². The van der Waals surface area contributed by atoms with Crippen LogP contribution in [0.4, 0.5) is 0 Å².